The molecule has 1 N–H and O–H groups in total. The first-order valence-corrected chi connectivity index (χ1v) is 10.2. The number of amidine groups is 1. The van der Waals surface area contributed by atoms with Gasteiger partial charge in [0.25, 0.3) is 0 Å². The van der Waals surface area contributed by atoms with Crippen LogP contribution >= 0.6 is 22.9 Å². The van der Waals surface area contributed by atoms with Gasteiger partial charge in [-0.25, -0.2) is 13.8 Å². The van der Waals surface area contributed by atoms with Crippen molar-refractivity contribution in [1.82, 2.24) is 10.3 Å². The summed E-state index contributed by atoms with van der Waals surface area (Å²) in [6.45, 7) is 10.2. The molecule has 7 heteroatoms. The number of nitrogens with zero attached hydrogens (tertiary/aromatic N) is 2. The van der Waals surface area contributed by atoms with Crippen LogP contribution in [-0.4, -0.2) is 17.9 Å². The van der Waals surface area contributed by atoms with Crippen LogP contribution in [0.1, 0.15) is 41.1 Å². The first-order valence-electron chi connectivity index (χ1n) is 9.04. The van der Waals surface area contributed by atoms with Crippen LogP contribution in [0.25, 0.3) is 10.2 Å². The summed E-state index contributed by atoms with van der Waals surface area (Å²) in [5, 5.41) is 4.92. The normalized spacial score (nSPS) is 11.4. The average molecular weight is 424 g/mol. The van der Waals surface area contributed by atoms with Gasteiger partial charge >= 0.3 is 0 Å². The molecule has 0 aliphatic carbocycles. The summed E-state index contributed by atoms with van der Waals surface area (Å²) in [5.41, 5.74) is 3.49. The van der Waals surface area contributed by atoms with Crippen molar-refractivity contribution in [3.63, 3.8) is 0 Å². The van der Waals surface area contributed by atoms with Gasteiger partial charge in [-0.2, -0.15) is 0 Å². The summed E-state index contributed by atoms with van der Waals surface area (Å²) >= 11 is 7.89. The first kappa shape index (κ1) is 22.2. The number of aryl methyl sites for hydroxylation is 3. The Morgan fingerprint density at radius 1 is 1.14 bits per heavy atom. The van der Waals surface area contributed by atoms with Crippen LogP contribution < -0.4 is 5.32 Å². The zero-order valence-corrected chi connectivity index (χ0v) is 18.4. The van der Waals surface area contributed by atoms with Crippen LogP contribution in [0.15, 0.2) is 23.2 Å². The third kappa shape index (κ3) is 4.33. The number of fused-ring (bicyclic) bond motifs is 1. The number of pyridine rings is 1. The fourth-order valence-corrected chi connectivity index (χ4v) is 4.36. The fraction of sp³-hybridized carbons (Fsp3) is 0.333. The average Bonchev–Trinajstić information content (AvgIpc) is 3.01. The maximum Gasteiger partial charge on any atom is 0.159 e. The van der Waals surface area contributed by atoms with Gasteiger partial charge < -0.3 is 5.32 Å². The summed E-state index contributed by atoms with van der Waals surface area (Å²) < 4.78 is 26.4. The molecular weight excluding hydrogens is 400 g/mol. The second-order valence-corrected chi connectivity index (χ2v) is 7.42. The summed E-state index contributed by atoms with van der Waals surface area (Å²) in [6.07, 6.45) is 0. The summed E-state index contributed by atoms with van der Waals surface area (Å²) in [4.78, 5) is 10.8. The number of rotatable bonds is 3. The highest BCUT2D eigenvalue weighted by Crippen LogP contribution is 2.36. The minimum absolute atomic E-state index is 0.337. The predicted molar refractivity (Wildman–Crippen MR) is 116 cm³/mol. The predicted octanol–water partition coefficient (Wildman–Crippen LogP) is 6.35. The van der Waals surface area contributed by atoms with Crippen LogP contribution in [0.3, 0.4) is 0 Å². The Bertz CT molecular complexity index is 1030. The van der Waals surface area contributed by atoms with Crippen molar-refractivity contribution < 1.29 is 8.78 Å². The SMILES string of the molecule is CC.CN=C(NCc1ccc(F)c(F)c1)c1sc2nc(C)c(Cl)c(C)c2c1C. The van der Waals surface area contributed by atoms with E-state index in [1.54, 1.807) is 13.1 Å². The molecule has 28 heavy (non-hydrogen) atoms. The van der Waals surface area contributed by atoms with E-state index in [0.29, 0.717) is 23.0 Å². The lowest BCUT2D eigenvalue weighted by molar-refractivity contribution is 0.507. The van der Waals surface area contributed by atoms with Gasteiger partial charge in [0.1, 0.15) is 10.7 Å². The number of benzene rings is 1. The van der Waals surface area contributed by atoms with Gasteiger partial charge in [-0.1, -0.05) is 31.5 Å². The number of aliphatic imine (C=N–C) groups is 1. The molecular formula is C21H24ClF2N3S. The minimum atomic E-state index is -0.859. The van der Waals surface area contributed by atoms with Gasteiger partial charge in [0.2, 0.25) is 0 Å². The third-order valence-electron chi connectivity index (χ3n) is 4.30. The van der Waals surface area contributed by atoms with Crippen LogP contribution in [0.2, 0.25) is 5.02 Å². The van der Waals surface area contributed by atoms with Gasteiger partial charge in [0.05, 0.1) is 15.6 Å². The van der Waals surface area contributed by atoms with E-state index in [9.17, 15) is 8.78 Å². The van der Waals surface area contributed by atoms with Gasteiger partial charge in [0.15, 0.2) is 11.6 Å². The monoisotopic (exact) mass is 423 g/mol. The van der Waals surface area contributed by atoms with E-state index in [1.165, 1.54) is 17.4 Å². The molecule has 0 saturated heterocycles. The van der Waals surface area contributed by atoms with Crippen molar-refractivity contribution in [3.05, 3.63) is 62.1 Å². The lowest BCUT2D eigenvalue weighted by atomic mass is 10.1. The maximum absolute atomic E-state index is 13.4. The number of halogens is 3. The summed E-state index contributed by atoms with van der Waals surface area (Å²) in [7, 11) is 1.69. The fourth-order valence-electron chi connectivity index (χ4n) is 2.92. The largest absolute Gasteiger partial charge is 0.365 e. The van der Waals surface area contributed by atoms with E-state index in [0.717, 1.165) is 38.0 Å². The van der Waals surface area contributed by atoms with Gasteiger partial charge in [-0.15, -0.1) is 11.3 Å². The van der Waals surface area contributed by atoms with Crippen LogP contribution in [0.5, 0.6) is 0 Å². The van der Waals surface area contributed by atoms with Crippen LogP contribution in [-0.2, 0) is 6.54 Å². The maximum atomic E-state index is 13.4. The molecule has 0 atom stereocenters. The number of hydrogen-bond donors (Lipinski definition) is 1. The first-order chi connectivity index (χ1) is 13.3. The molecule has 0 fully saturated rings. The molecule has 2 aromatic heterocycles. The van der Waals surface area contributed by atoms with E-state index in [2.05, 4.69) is 15.3 Å². The topological polar surface area (TPSA) is 37.3 Å². The zero-order chi connectivity index (χ0) is 21.0. The molecule has 0 radical (unpaired) electrons. The summed E-state index contributed by atoms with van der Waals surface area (Å²) in [5.74, 6) is -1.03. The van der Waals surface area contributed by atoms with Crippen LogP contribution in [0, 0.1) is 32.4 Å². The molecule has 0 amide bonds. The van der Waals surface area contributed by atoms with E-state index >= 15 is 0 Å². The van der Waals surface area contributed by atoms with Gasteiger partial charge in [0, 0.05) is 19.0 Å². The van der Waals surface area contributed by atoms with Crippen LogP contribution in [0.4, 0.5) is 8.78 Å². The lowest BCUT2D eigenvalue weighted by Gasteiger charge is -2.09. The highest BCUT2D eigenvalue weighted by molar-refractivity contribution is 7.20. The van der Waals surface area contributed by atoms with Crippen molar-refractivity contribution in [1.29, 1.82) is 0 Å². The van der Waals surface area contributed by atoms with Gasteiger partial charge in [-0.05, 0) is 49.6 Å². The van der Waals surface area contributed by atoms with E-state index in [-0.39, 0.29) is 0 Å². The molecule has 0 bridgehead atoms. The molecule has 0 spiro atoms. The minimum Gasteiger partial charge on any atom is -0.365 e. The number of thiophene rings is 1. The number of nitrogens with one attached hydrogen (secondary N) is 1. The number of hydrogen-bond acceptors (Lipinski definition) is 3. The van der Waals surface area contributed by atoms with E-state index in [1.807, 2.05) is 34.6 Å². The summed E-state index contributed by atoms with van der Waals surface area (Å²) in [6, 6.07) is 3.85. The molecule has 2 heterocycles. The molecule has 0 unspecified atom stereocenters. The Hall–Kier alpha value is -2.05. The third-order valence-corrected chi connectivity index (χ3v) is 6.05. The molecule has 3 aromatic rings. The Labute approximate surface area is 173 Å². The molecule has 3 nitrogen and oxygen atoms in total. The molecule has 1 aromatic carbocycles. The standard InChI is InChI=1S/C19H18ClF2N3S.C2H6/c1-9-15-10(2)17(26-19(15)25-11(3)16(9)20)18(23-4)24-8-12-5-6-13(21)14(22)7-12;1-2/h5-7H,8H2,1-4H3,(H,23,24);1-2H3. The molecule has 150 valence electrons. The van der Waals surface area contributed by atoms with Gasteiger partial charge in [-0.3, -0.25) is 4.99 Å². The Morgan fingerprint density at radius 3 is 2.43 bits per heavy atom. The Kier molecular flexibility index (Phi) is 7.49. The highest BCUT2D eigenvalue weighted by atomic mass is 35.5. The quantitative estimate of drug-likeness (QED) is 0.394. The Balaban J connectivity index is 0.00000136. The molecule has 0 aliphatic rings. The second-order valence-electron chi connectivity index (χ2n) is 6.05. The molecule has 0 aliphatic heterocycles. The van der Waals surface area contributed by atoms with E-state index < -0.39 is 11.6 Å². The van der Waals surface area contributed by atoms with Crippen molar-refractivity contribution in [2.45, 2.75) is 41.2 Å². The highest BCUT2D eigenvalue weighted by Gasteiger charge is 2.18. The lowest BCUT2D eigenvalue weighted by Crippen LogP contribution is -2.23. The zero-order valence-electron chi connectivity index (χ0n) is 16.9. The van der Waals surface area contributed by atoms with Crippen molar-refractivity contribution in [2.24, 2.45) is 4.99 Å². The Morgan fingerprint density at radius 2 is 1.82 bits per heavy atom. The smallest absolute Gasteiger partial charge is 0.159 e. The number of aromatic nitrogens is 1. The molecule has 3 rings (SSSR count). The van der Waals surface area contributed by atoms with Crippen molar-refractivity contribution >= 4 is 39.0 Å². The van der Waals surface area contributed by atoms with Crippen molar-refractivity contribution in [3.8, 4) is 0 Å². The molecule has 0 saturated carbocycles. The second kappa shape index (κ2) is 9.43. The van der Waals surface area contributed by atoms with Crippen molar-refractivity contribution in [2.75, 3.05) is 7.05 Å². The van der Waals surface area contributed by atoms with E-state index in [4.69, 9.17) is 11.6 Å².